The highest BCUT2D eigenvalue weighted by atomic mass is 32.2. The molecule has 0 amide bonds. The van der Waals surface area contributed by atoms with E-state index in [9.17, 15) is 0 Å². The molecule has 3 heterocycles. The summed E-state index contributed by atoms with van der Waals surface area (Å²) in [5.74, 6) is 0. The molecule has 0 bridgehead atoms. The van der Waals surface area contributed by atoms with Gasteiger partial charge in [-0.1, -0.05) is 26.2 Å². The van der Waals surface area contributed by atoms with Crippen LogP contribution in [0.1, 0.15) is 47.9 Å². The van der Waals surface area contributed by atoms with Crippen molar-refractivity contribution in [1.82, 2.24) is 0 Å². The van der Waals surface area contributed by atoms with Crippen LogP contribution in [0.4, 0.5) is 0 Å². The molecule has 3 heteroatoms. The standard InChI is InChI=1S/C18H22S3/c1-4-5-6-7-8-14-10-16(20-13(14)3)17-11-15-9-12(2)19-18(15)21-17/h9-11H,4-8H2,1-3H3. The average Bonchev–Trinajstić information content (AvgIpc) is 3.08. The molecule has 3 aromatic heterocycles. The van der Waals surface area contributed by atoms with Gasteiger partial charge in [0.2, 0.25) is 0 Å². The molecular formula is C18H22S3. The third-order valence-corrected chi connectivity index (χ3v) is 7.50. The van der Waals surface area contributed by atoms with Crippen molar-refractivity contribution in [3.8, 4) is 9.75 Å². The Bertz CT molecular complexity index is 695. The van der Waals surface area contributed by atoms with Gasteiger partial charge >= 0.3 is 0 Å². The summed E-state index contributed by atoms with van der Waals surface area (Å²) >= 11 is 5.84. The second kappa shape index (κ2) is 6.64. The van der Waals surface area contributed by atoms with E-state index in [0.717, 1.165) is 0 Å². The van der Waals surface area contributed by atoms with Gasteiger partial charge in [0.1, 0.15) is 0 Å². The van der Waals surface area contributed by atoms with Crippen LogP contribution in [-0.4, -0.2) is 0 Å². The molecular weight excluding hydrogens is 312 g/mol. The Balaban J connectivity index is 1.77. The van der Waals surface area contributed by atoms with Crippen LogP contribution in [0.15, 0.2) is 18.2 Å². The Labute approximate surface area is 139 Å². The molecule has 0 nitrogen and oxygen atoms in total. The van der Waals surface area contributed by atoms with Gasteiger partial charge < -0.3 is 0 Å². The molecule has 0 radical (unpaired) electrons. The van der Waals surface area contributed by atoms with E-state index in [-0.39, 0.29) is 0 Å². The predicted octanol–water partition coefficient (Wildman–Crippen LogP) is 7.43. The minimum Gasteiger partial charge on any atom is -0.139 e. The molecule has 0 aromatic carbocycles. The quantitative estimate of drug-likeness (QED) is 0.411. The molecule has 0 atom stereocenters. The third-order valence-electron chi connectivity index (χ3n) is 3.90. The fourth-order valence-electron chi connectivity index (χ4n) is 2.72. The van der Waals surface area contributed by atoms with Gasteiger partial charge in [-0.25, -0.2) is 0 Å². The van der Waals surface area contributed by atoms with Crippen molar-refractivity contribution < 1.29 is 0 Å². The number of hydrogen-bond acceptors (Lipinski definition) is 3. The third kappa shape index (κ3) is 3.41. The lowest BCUT2D eigenvalue weighted by molar-refractivity contribution is 0.666. The van der Waals surface area contributed by atoms with Crippen molar-refractivity contribution in [2.24, 2.45) is 0 Å². The summed E-state index contributed by atoms with van der Waals surface area (Å²) < 4.78 is 1.47. The van der Waals surface area contributed by atoms with E-state index in [1.807, 2.05) is 34.0 Å². The van der Waals surface area contributed by atoms with E-state index in [1.54, 1.807) is 5.56 Å². The zero-order chi connectivity index (χ0) is 14.8. The number of unbranched alkanes of at least 4 members (excludes halogenated alkanes) is 3. The molecule has 0 unspecified atom stereocenters. The minimum absolute atomic E-state index is 1.25. The largest absolute Gasteiger partial charge is 0.139 e. The van der Waals surface area contributed by atoms with Gasteiger partial charge in [0.15, 0.2) is 0 Å². The topological polar surface area (TPSA) is 0 Å². The van der Waals surface area contributed by atoms with E-state index in [0.29, 0.717) is 0 Å². The van der Waals surface area contributed by atoms with Crippen LogP contribution in [0.3, 0.4) is 0 Å². The highest BCUT2D eigenvalue weighted by Gasteiger charge is 2.11. The number of hydrogen-bond donors (Lipinski definition) is 0. The number of aryl methyl sites for hydroxylation is 3. The summed E-state index contributed by atoms with van der Waals surface area (Å²) in [5, 5.41) is 1.42. The highest BCUT2D eigenvalue weighted by Crippen LogP contribution is 2.41. The van der Waals surface area contributed by atoms with Crippen molar-refractivity contribution in [2.45, 2.75) is 52.9 Å². The van der Waals surface area contributed by atoms with Gasteiger partial charge in [-0.05, 0) is 50.5 Å². The van der Waals surface area contributed by atoms with Gasteiger partial charge in [0.05, 0.1) is 4.01 Å². The van der Waals surface area contributed by atoms with Crippen molar-refractivity contribution in [3.05, 3.63) is 33.5 Å². The molecule has 3 rings (SSSR count). The summed E-state index contributed by atoms with van der Waals surface area (Å²) in [6.45, 7) is 6.75. The molecule has 0 aliphatic carbocycles. The smallest absolute Gasteiger partial charge is 0.0874 e. The highest BCUT2D eigenvalue weighted by molar-refractivity contribution is 7.40. The van der Waals surface area contributed by atoms with Crippen molar-refractivity contribution in [3.63, 3.8) is 0 Å². The molecule has 0 fully saturated rings. The van der Waals surface area contributed by atoms with Gasteiger partial charge in [-0.3, -0.25) is 0 Å². The Morgan fingerprint density at radius 3 is 2.43 bits per heavy atom. The Morgan fingerprint density at radius 2 is 1.67 bits per heavy atom. The zero-order valence-electron chi connectivity index (χ0n) is 13.0. The van der Waals surface area contributed by atoms with Gasteiger partial charge in [-0.15, -0.1) is 34.0 Å². The lowest BCUT2D eigenvalue weighted by Crippen LogP contribution is -1.84. The first-order valence-corrected chi connectivity index (χ1v) is 10.2. The summed E-state index contributed by atoms with van der Waals surface area (Å²) in [6.07, 6.45) is 6.65. The Kier molecular flexibility index (Phi) is 4.82. The fourth-order valence-corrected chi connectivity index (χ4v) is 6.27. The number of rotatable bonds is 6. The van der Waals surface area contributed by atoms with Crippen LogP contribution in [0.5, 0.6) is 0 Å². The van der Waals surface area contributed by atoms with E-state index in [4.69, 9.17) is 0 Å². The van der Waals surface area contributed by atoms with Gasteiger partial charge in [0, 0.05) is 24.9 Å². The average molecular weight is 335 g/mol. The number of thiophene rings is 3. The van der Waals surface area contributed by atoms with Gasteiger partial charge in [-0.2, -0.15) is 0 Å². The molecule has 0 saturated heterocycles. The van der Waals surface area contributed by atoms with Crippen LogP contribution >= 0.6 is 34.0 Å². The maximum atomic E-state index is 2.44. The zero-order valence-corrected chi connectivity index (χ0v) is 15.4. The normalized spacial score (nSPS) is 11.6. The Morgan fingerprint density at radius 1 is 0.857 bits per heavy atom. The molecule has 0 spiro atoms. The Hall–Kier alpha value is -0.640. The first-order chi connectivity index (χ1) is 10.2. The van der Waals surface area contributed by atoms with Crippen LogP contribution in [0, 0.1) is 13.8 Å². The SMILES string of the molecule is CCCCCCc1cc(-c2cc3cc(C)sc3s2)sc1C. The molecule has 0 N–H and O–H groups in total. The first-order valence-electron chi connectivity index (χ1n) is 7.77. The second-order valence-corrected chi connectivity index (χ2v) is 9.54. The van der Waals surface area contributed by atoms with Crippen LogP contribution in [0.2, 0.25) is 0 Å². The summed E-state index contributed by atoms with van der Waals surface area (Å²) in [5.41, 5.74) is 1.57. The van der Waals surface area contributed by atoms with Crippen LogP contribution in [0.25, 0.3) is 19.2 Å². The maximum Gasteiger partial charge on any atom is 0.0874 e. The minimum atomic E-state index is 1.25. The molecule has 3 aromatic rings. The molecule has 21 heavy (non-hydrogen) atoms. The predicted molar refractivity (Wildman–Crippen MR) is 100 cm³/mol. The van der Waals surface area contributed by atoms with Crippen LogP contribution in [-0.2, 0) is 6.42 Å². The van der Waals surface area contributed by atoms with E-state index < -0.39 is 0 Å². The van der Waals surface area contributed by atoms with Crippen molar-refractivity contribution in [1.29, 1.82) is 0 Å². The fraction of sp³-hybridized carbons (Fsp3) is 0.444. The second-order valence-electron chi connectivity index (χ2n) is 5.71. The van der Waals surface area contributed by atoms with Crippen LogP contribution < -0.4 is 0 Å². The van der Waals surface area contributed by atoms with E-state index in [1.165, 1.54) is 61.0 Å². The lowest BCUT2D eigenvalue weighted by atomic mass is 10.1. The number of fused-ring (bicyclic) bond motifs is 1. The lowest BCUT2D eigenvalue weighted by Gasteiger charge is -1.99. The first kappa shape index (κ1) is 15.3. The van der Waals surface area contributed by atoms with E-state index >= 15 is 0 Å². The van der Waals surface area contributed by atoms with Crippen molar-refractivity contribution >= 4 is 43.4 Å². The van der Waals surface area contributed by atoms with Crippen molar-refractivity contribution in [2.75, 3.05) is 0 Å². The monoisotopic (exact) mass is 334 g/mol. The molecule has 0 aliphatic rings. The summed E-state index contributed by atoms with van der Waals surface area (Å²) in [4.78, 5) is 5.84. The summed E-state index contributed by atoms with van der Waals surface area (Å²) in [7, 11) is 0. The molecule has 0 saturated carbocycles. The molecule has 112 valence electrons. The summed E-state index contributed by atoms with van der Waals surface area (Å²) in [6, 6.07) is 7.12. The maximum absolute atomic E-state index is 2.44. The molecule has 0 aliphatic heterocycles. The van der Waals surface area contributed by atoms with Gasteiger partial charge in [0.25, 0.3) is 0 Å². The van der Waals surface area contributed by atoms with E-state index in [2.05, 4.69) is 39.0 Å².